The van der Waals surface area contributed by atoms with Crippen LogP contribution in [-0.4, -0.2) is 43.9 Å². The fourth-order valence-corrected chi connectivity index (χ4v) is 2.42. The van der Waals surface area contributed by atoms with E-state index in [0.717, 1.165) is 11.1 Å². The van der Waals surface area contributed by atoms with E-state index in [0.29, 0.717) is 0 Å². The van der Waals surface area contributed by atoms with Gasteiger partial charge in [-0.05, 0) is 18.1 Å². The number of rotatable bonds is 7. The van der Waals surface area contributed by atoms with Crippen LogP contribution in [0.25, 0.3) is 0 Å². The molecule has 5 heteroatoms. The molecule has 2 amide bonds. The van der Waals surface area contributed by atoms with E-state index in [-0.39, 0.29) is 30.9 Å². The van der Waals surface area contributed by atoms with Gasteiger partial charge in [-0.15, -0.1) is 0 Å². The predicted molar refractivity (Wildman–Crippen MR) is 99.2 cm³/mol. The van der Waals surface area contributed by atoms with Crippen LogP contribution in [0.15, 0.2) is 54.6 Å². The molecule has 2 aromatic rings. The minimum atomic E-state index is -0.205. The average Bonchev–Trinajstić information content (AvgIpc) is 2.62. The third-order valence-electron chi connectivity index (χ3n) is 3.95. The van der Waals surface area contributed by atoms with Crippen molar-refractivity contribution in [2.45, 2.75) is 13.0 Å². The van der Waals surface area contributed by atoms with Gasteiger partial charge in [0.1, 0.15) is 0 Å². The first-order chi connectivity index (χ1) is 12.0. The van der Waals surface area contributed by atoms with Crippen LogP contribution in [0.2, 0.25) is 0 Å². The second-order valence-corrected chi connectivity index (χ2v) is 6.20. The van der Waals surface area contributed by atoms with Crippen molar-refractivity contribution in [3.05, 3.63) is 71.3 Å². The number of carbonyl (C=O) groups excluding carboxylic acids is 2. The molecule has 0 saturated heterocycles. The summed E-state index contributed by atoms with van der Waals surface area (Å²) >= 11 is 0. The first-order valence-electron chi connectivity index (χ1n) is 8.29. The van der Waals surface area contributed by atoms with Crippen LogP contribution in [0.3, 0.4) is 0 Å². The number of carbonyl (C=O) groups is 2. The lowest BCUT2D eigenvalue weighted by molar-refractivity contribution is -0.130. The number of hydrogen-bond acceptors (Lipinski definition) is 3. The number of likely N-dealkylation sites (N-methyl/N-ethyl adjacent to an activating group) is 1. The van der Waals surface area contributed by atoms with E-state index < -0.39 is 0 Å². The van der Waals surface area contributed by atoms with E-state index in [1.54, 1.807) is 14.1 Å². The lowest BCUT2D eigenvalue weighted by Crippen LogP contribution is -2.41. The van der Waals surface area contributed by atoms with Crippen LogP contribution in [0, 0.1) is 6.92 Å². The summed E-state index contributed by atoms with van der Waals surface area (Å²) in [5.74, 6) is -0.338. The highest BCUT2D eigenvalue weighted by Crippen LogP contribution is 2.22. The fourth-order valence-electron chi connectivity index (χ4n) is 2.42. The monoisotopic (exact) mass is 339 g/mol. The van der Waals surface area contributed by atoms with Gasteiger partial charge in [-0.2, -0.15) is 0 Å². The third-order valence-corrected chi connectivity index (χ3v) is 3.95. The molecule has 0 radical (unpaired) electrons. The lowest BCUT2D eigenvalue weighted by Gasteiger charge is -2.20. The van der Waals surface area contributed by atoms with Crippen molar-refractivity contribution in [1.29, 1.82) is 0 Å². The van der Waals surface area contributed by atoms with E-state index in [1.807, 2.05) is 37.3 Å². The zero-order valence-corrected chi connectivity index (χ0v) is 15.0. The van der Waals surface area contributed by atoms with E-state index in [1.165, 1.54) is 10.5 Å². The Balaban J connectivity index is 2.03. The van der Waals surface area contributed by atoms with Gasteiger partial charge in [0.15, 0.2) is 0 Å². The molecule has 2 rings (SSSR count). The maximum Gasteiger partial charge on any atom is 0.241 e. The maximum absolute atomic E-state index is 12.0. The molecule has 0 saturated carbocycles. The van der Waals surface area contributed by atoms with Gasteiger partial charge in [0, 0.05) is 14.1 Å². The fraction of sp³-hybridized carbons (Fsp3) is 0.300. The molecule has 2 aromatic carbocycles. The molecular weight excluding hydrogens is 314 g/mol. The molecule has 0 heterocycles. The van der Waals surface area contributed by atoms with E-state index in [9.17, 15) is 9.59 Å². The SMILES string of the molecule is Cc1ccc([C@H](NCC(=O)NCC(=O)N(C)C)c2ccccc2)cc1. The Morgan fingerprint density at radius 3 is 2.12 bits per heavy atom. The minimum Gasteiger partial charge on any atom is -0.347 e. The van der Waals surface area contributed by atoms with Crippen LogP contribution < -0.4 is 10.6 Å². The highest BCUT2D eigenvalue weighted by atomic mass is 16.2. The summed E-state index contributed by atoms with van der Waals surface area (Å²) in [4.78, 5) is 25.0. The van der Waals surface area contributed by atoms with Gasteiger partial charge in [0.2, 0.25) is 11.8 Å². The maximum atomic E-state index is 12.0. The first kappa shape index (κ1) is 18.7. The molecule has 5 nitrogen and oxygen atoms in total. The molecule has 0 spiro atoms. The number of nitrogens with one attached hydrogen (secondary N) is 2. The van der Waals surface area contributed by atoms with Gasteiger partial charge in [-0.3, -0.25) is 14.9 Å². The molecule has 0 aromatic heterocycles. The van der Waals surface area contributed by atoms with Gasteiger partial charge in [-0.1, -0.05) is 60.2 Å². The highest BCUT2D eigenvalue weighted by molar-refractivity contribution is 5.85. The molecule has 25 heavy (non-hydrogen) atoms. The number of benzene rings is 2. The first-order valence-corrected chi connectivity index (χ1v) is 8.29. The molecule has 0 fully saturated rings. The largest absolute Gasteiger partial charge is 0.347 e. The molecular formula is C20H25N3O2. The topological polar surface area (TPSA) is 61.4 Å². The lowest BCUT2D eigenvalue weighted by atomic mass is 9.98. The van der Waals surface area contributed by atoms with Crippen molar-refractivity contribution in [2.24, 2.45) is 0 Å². The van der Waals surface area contributed by atoms with E-state index in [2.05, 4.69) is 34.9 Å². The van der Waals surface area contributed by atoms with Gasteiger partial charge in [-0.25, -0.2) is 0 Å². The third kappa shape index (κ3) is 5.72. The number of hydrogen-bond donors (Lipinski definition) is 2. The van der Waals surface area contributed by atoms with Crippen molar-refractivity contribution in [3.63, 3.8) is 0 Å². The quantitative estimate of drug-likeness (QED) is 0.810. The number of nitrogens with zero attached hydrogens (tertiary/aromatic N) is 1. The van der Waals surface area contributed by atoms with Crippen molar-refractivity contribution in [2.75, 3.05) is 27.2 Å². The van der Waals surface area contributed by atoms with Gasteiger partial charge >= 0.3 is 0 Å². The van der Waals surface area contributed by atoms with Crippen molar-refractivity contribution in [1.82, 2.24) is 15.5 Å². The molecule has 2 N–H and O–H groups in total. The van der Waals surface area contributed by atoms with E-state index >= 15 is 0 Å². The summed E-state index contributed by atoms with van der Waals surface area (Å²) in [6.07, 6.45) is 0. The molecule has 0 unspecified atom stereocenters. The normalized spacial score (nSPS) is 11.6. The molecule has 1 atom stereocenters. The Labute approximate surface area is 149 Å². The van der Waals surface area contributed by atoms with Gasteiger partial charge in [0.25, 0.3) is 0 Å². The molecule has 0 aliphatic rings. The summed E-state index contributed by atoms with van der Waals surface area (Å²) in [5.41, 5.74) is 3.37. The van der Waals surface area contributed by atoms with Gasteiger partial charge < -0.3 is 10.2 Å². The zero-order chi connectivity index (χ0) is 18.2. The summed E-state index contributed by atoms with van der Waals surface area (Å²) < 4.78 is 0. The highest BCUT2D eigenvalue weighted by Gasteiger charge is 2.15. The van der Waals surface area contributed by atoms with Crippen LogP contribution in [0.4, 0.5) is 0 Å². The molecule has 0 bridgehead atoms. The Bertz CT molecular complexity index is 697. The van der Waals surface area contributed by atoms with Crippen molar-refractivity contribution >= 4 is 11.8 Å². The summed E-state index contributed by atoms with van der Waals surface area (Å²) in [6.45, 7) is 2.19. The van der Waals surface area contributed by atoms with Crippen LogP contribution in [-0.2, 0) is 9.59 Å². The van der Waals surface area contributed by atoms with Crippen molar-refractivity contribution in [3.8, 4) is 0 Å². The Kier molecular flexibility index (Phi) is 6.71. The standard InChI is InChI=1S/C20H25N3O2/c1-15-9-11-17(12-10-15)20(16-7-5-4-6-8-16)22-13-18(24)21-14-19(25)23(2)3/h4-12,20,22H,13-14H2,1-3H3,(H,21,24)/t20-/m1/s1. The smallest absolute Gasteiger partial charge is 0.241 e. The summed E-state index contributed by atoms with van der Waals surface area (Å²) in [5, 5.41) is 5.93. The van der Waals surface area contributed by atoms with Crippen LogP contribution >= 0.6 is 0 Å². The Hall–Kier alpha value is -2.66. The zero-order valence-electron chi connectivity index (χ0n) is 15.0. The summed E-state index contributed by atoms with van der Waals surface area (Å²) in [7, 11) is 3.32. The van der Waals surface area contributed by atoms with Crippen LogP contribution in [0.1, 0.15) is 22.7 Å². The molecule has 132 valence electrons. The average molecular weight is 339 g/mol. The van der Waals surface area contributed by atoms with Crippen LogP contribution in [0.5, 0.6) is 0 Å². The van der Waals surface area contributed by atoms with E-state index in [4.69, 9.17) is 0 Å². The molecule has 0 aliphatic heterocycles. The second-order valence-electron chi connectivity index (χ2n) is 6.20. The Morgan fingerprint density at radius 2 is 1.52 bits per heavy atom. The second kappa shape index (κ2) is 8.99. The van der Waals surface area contributed by atoms with Gasteiger partial charge in [0.05, 0.1) is 19.1 Å². The minimum absolute atomic E-state index is 0.00798. The number of aryl methyl sites for hydroxylation is 1. The number of amides is 2. The summed E-state index contributed by atoms with van der Waals surface area (Å²) in [6, 6.07) is 18.1. The Morgan fingerprint density at radius 1 is 0.920 bits per heavy atom. The molecule has 0 aliphatic carbocycles. The van der Waals surface area contributed by atoms with Crippen molar-refractivity contribution < 1.29 is 9.59 Å². The predicted octanol–water partition coefficient (Wildman–Crippen LogP) is 1.88.